The quantitative estimate of drug-likeness (QED) is 0.915. The van der Waals surface area contributed by atoms with Crippen molar-refractivity contribution in [2.24, 2.45) is 0 Å². The van der Waals surface area contributed by atoms with Gasteiger partial charge in [-0.05, 0) is 25.1 Å². The second kappa shape index (κ2) is 6.98. The van der Waals surface area contributed by atoms with Crippen LogP contribution in [0.15, 0.2) is 42.6 Å². The number of benzene rings is 1. The van der Waals surface area contributed by atoms with Crippen molar-refractivity contribution >= 4 is 5.69 Å². The zero-order chi connectivity index (χ0) is 16.1. The second-order valence-corrected chi connectivity index (χ2v) is 5.54. The molecule has 5 nitrogen and oxygen atoms in total. The number of hydrogen-bond donors (Lipinski definition) is 1. The Morgan fingerprint density at radius 1 is 1.17 bits per heavy atom. The van der Waals surface area contributed by atoms with Gasteiger partial charge < -0.3 is 19.9 Å². The number of ether oxygens (including phenoxy) is 3. The van der Waals surface area contributed by atoms with Gasteiger partial charge >= 0.3 is 0 Å². The first-order valence-corrected chi connectivity index (χ1v) is 7.95. The lowest BCUT2D eigenvalue weighted by Gasteiger charge is -2.38. The summed E-state index contributed by atoms with van der Waals surface area (Å²) < 4.78 is 17.7. The average molecular weight is 314 g/mol. The first-order valence-electron chi connectivity index (χ1n) is 7.95. The highest BCUT2D eigenvalue weighted by atomic mass is 16.5. The van der Waals surface area contributed by atoms with E-state index in [4.69, 9.17) is 19.9 Å². The average Bonchev–Trinajstić information content (AvgIpc) is 2.58. The van der Waals surface area contributed by atoms with Crippen LogP contribution in [0.1, 0.15) is 25.3 Å². The lowest BCUT2D eigenvalue weighted by Crippen LogP contribution is -2.37. The first kappa shape index (κ1) is 15.8. The van der Waals surface area contributed by atoms with Crippen molar-refractivity contribution in [1.29, 1.82) is 0 Å². The van der Waals surface area contributed by atoms with Crippen molar-refractivity contribution in [3.05, 3.63) is 48.2 Å². The summed E-state index contributed by atoms with van der Waals surface area (Å²) in [6, 6.07) is 11.5. The maximum atomic E-state index is 6.15. The van der Waals surface area contributed by atoms with Crippen LogP contribution in [-0.4, -0.2) is 24.8 Å². The van der Waals surface area contributed by atoms with E-state index >= 15 is 0 Å². The molecule has 1 aromatic carbocycles. The van der Waals surface area contributed by atoms with Crippen molar-refractivity contribution in [3.63, 3.8) is 0 Å². The van der Waals surface area contributed by atoms with E-state index in [0.717, 1.165) is 24.2 Å². The minimum Gasteiger partial charge on any atom is -0.437 e. The molecular weight excluding hydrogens is 292 g/mol. The maximum absolute atomic E-state index is 6.15. The van der Waals surface area contributed by atoms with Crippen LogP contribution in [0.25, 0.3) is 0 Å². The molecule has 1 fully saturated rings. The van der Waals surface area contributed by atoms with Crippen LogP contribution in [0, 0.1) is 0 Å². The Kier molecular flexibility index (Phi) is 4.79. The van der Waals surface area contributed by atoms with Gasteiger partial charge in [-0.3, -0.25) is 0 Å². The Morgan fingerprint density at radius 2 is 1.96 bits per heavy atom. The Labute approximate surface area is 136 Å². The minimum atomic E-state index is -0.382. The summed E-state index contributed by atoms with van der Waals surface area (Å²) in [7, 11) is 0. The third-order valence-corrected chi connectivity index (χ3v) is 4.11. The maximum Gasteiger partial charge on any atom is 0.242 e. The molecule has 2 N–H and O–H groups in total. The second-order valence-electron chi connectivity index (χ2n) is 5.54. The molecule has 0 bridgehead atoms. The fourth-order valence-electron chi connectivity index (χ4n) is 2.99. The predicted molar refractivity (Wildman–Crippen MR) is 88.5 cm³/mol. The molecule has 0 spiro atoms. The molecule has 0 saturated carbocycles. The van der Waals surface area contributed by atoms with E-state index in [1.165, 1.54) is 0 Å². The number of pyridine rings is 1. The number of rotatable bonds is 5. The molecule has 0 aliphatic carbocycles. The third kappa shape index (κ3) is 3.30. The van der Waals surface area contributed by atoms with Crippen molar-refractivity contribution in [2.75, 3.05) is 25.6 Å². The lowest BCUT2D eigenvalue weighted by molar-refractivity contribution is -0.113. The molecule has 2 heterocycles. The van der Waals surface area contributed by atoms with Crippen molar-refractivity contribution in [1.82, 2.24) is 4.98 Å². The topological polar surface area (TPSA) is 66.6 Å². The summed E-state index contributed by atoms with van der Waals surface area (Å²) in [4.78, 5) is 4.22. The van der Waals surface area contributed by atoms with E-state index < -0.39 is 0 Å². The monoisotopic (exact) mass is 314 g/mol. The van der Waals surface area contributed by atoms with E-state index in [-0.39, 0.29) is 5.60 Å². The van der Waals surface area contributed by atoms with Crippen LogP contribution in [0.3, 0.4) is 0 Å². The third-order valence-electron chi connectivity index (χ3n) is 4.11. The molecule has 3 rings (SSSR count). The van der Waals surface area contributed by atoms with Gasteiger partial charge in [0.15, 0.2) is 0 Å². The Bertz CT molecular complexity index is 649. The van der Waals surface area contributed by atoms with E-state index in [9.17, 15) is 0 Å². The minimum absolute atomic E-state index is 0.382. The summed E-state index contributed by atoms with van der Waals surface area (Å²) in [5, 5.41) is 0. The molecule has 1 aromatic heterocycles. The zero-order valence-corrected chi connectivity index (χ0v) is 13.3. The zero-order valence-electron chi connectivity index (χ0n) is 13.3. The van der Waals surface area contributed by atoms with Crippen molar-refractivity contribution in [2.45, 2.75) is 25.4 Å². The van der Waals surface area contributed by atoms with Gasteiger partial charge in [0.2, 0.25) is 5.88 Å². The SMILES string of the molecule is CCOC1(c2ccccc2Oc2ncccc2N)CCOCC1. The smallest absolute Gasteiger partial charge is 0.242 e. The summed E-state index contributed by atoms with van der Waals surface area (Å²) in [5.41, 5.74) is 7.10. The van der Waals surface area contributed by atoms with Crippen LogP contribution < -0.4 is 10.5 Å². The summed E-state index contributed by atoms with van der Waals surface area (Å²) in [6.07, 6.45) is 3.28. The van der Waals surface area contributed by atoms with Crippen LogP contribution in [0.4, 0.5) is 5.69 Å². The van der Waals surface area contributed by atoms with Gasteiger partial charge in [-0.15, -0.1) is 0 Å². The van der Waals surface area contributed by atoms with Gasteiger partial charge in [-0.1, -0.05) is 18.2 Å². The highest BCUT2D eigenvalue weighted by Crippen LogP contribution is 2.42. The normalized spacial score (nSPS) is 16.9. The van der Waals surface area contributed by atoms with Crippen LogP contribution in [-0.2, 0) is 15.1 Å². The molecule has 0 atom stereocenters. The Morgan fingerprint density at radius 3 is 2.70 bits per heavy atom. The van der Waals surface area contributed by atoms with Crippen molar-refractivity contribution < 1.29 is 14.2 Å². The van der Waals surface area contributed by atoms with E-state index in [1.807, 2.05) is 25.1 Å². The number of para-hydroxylation sites is 1. The molecule has 1 saturated heterocycles. The lowest BCUT2D eigenvalue weighted by atomic mass is 9.85. The fourth-order valence-corrected chi connectivity index (χ4v) is 2.99. The van der Waals surface area contributed by atoms with Crippen molar-refractivity contribution in [3.8, 4) is 11.6 Å². The van der Waals surface area contributed by atoms with E-state index in [0.29, 0.717) is 31.4 Å². The molecule has 0 amide bonds. The first-order chi connectivity index (χ1) is 11.2. The van der Waals surface area contributed by atoms with Crippen LogP contribution >= 0.6 is 0 Å². The largest absolute Gasteiger partial charge is 0.437 e. The molecule has 0 unspecified atom stereocenters. The molecule has 23 heavy (non-hydrogen) atoms. The van der Waals surface area contributed by atoms with Gasteiger partial charge in [-0.25, -0.2) is 4.98 Å². The molecule has 1 aliphatic rings. The predicted octanol–water partition coefficient (Wildman–Crippen LogP) is 3.50. The van der Waals surface area contributed by atoms with Gasteiger partial charge in [0.05, 0.1) is 5.69 Å². The number of aromatic nitrogens is 1. The van der Waals surface area contributed by atoms with Gasteiger partial charge in [-0.2, -0.15) is 0 Å². The Hall–Kier alpha value is -2.11. The number of nitrogens with zero attached hydrogens (tertiary/aromatic N) is 1. The molecule has 1 aliphatic heterocycles. The molecular formula is C18H22N2O3. The fraction of sp³-hybridized carbons (Fsp3) is 0.389. The van der Waals surface area contributed by atoms with Gasteiger partial charge in [0, 0.05) is 44.4 Å². The summed E-state index contributed by atoms with van der Waals surface area (Å²) in [5.74, 6) is 1.15. The molecule has 5 heteroatoms. The molecule has 2 aromatic rings. The van der Waals surface area contributed by atoms with E-state index in [1.54, 1.807) is 18.3 Å². The van der Waals surface area contributed by atoms with E-state index in [2.05, 4.69) is 11.1 Å². The summed E-state index contributed by atoms with van der Waals surface area (Å²) in [6.45, 7) is 4.01. The molecule has 122 valence electrons. The highest BCUT2D eigenvalue weighted by Gasteiger charge is 2.37. The summed E-state index contributed by atoms with van der Waals surface area (Å²) >= 11 is 0. The molecule has 0 radical (unpaired) electrons. The number of hydrogen-bond acceptors (Lipinski definition) is 5. The highest BCUT2D eigenvalue weighted by molar-refractivity contribution is 5.50. The van der Waals surface area contributed by atoms with Gasteiger partial charge in [0.1, 0.15) is 11.4 Å². The number of nitrogen functional groups attached to an aromatic ring is 1. The number of anilines is 1. The standard InChI is InChI=1S/C18H22N2O3/c1-2-22-18(9-12-21-13-10-18)14-6-3-4-8-16(14)23-17-15(19)7-5-11-20-17/h3-8,11H,2,9-10,12-13,19H2,1H3. The van der Waals surface area contributed by atoms with Crippen LogP contribution in [0.2, 0.25) is 0 Å². The van der Waals surface area contributed by atoms with Crippen LogP contribution in [0.5, 0.6) is 11.6 Å². The van der Waals surface area contributed by atoms with Gasteiger partial charge in [0.25, 0.3) is 0 Å². The Balaban J connectivity index is 1.98. The number of nitrogens with two attached hydrogens (primary N) is 1.